The van der Waals surface area contributed by atoms with Crippen molar-refractivity contribution in [1.82, 2.24) is 10.6 Å². The van der Waals surface area contributed by atoms with Gasteiger partial charge in [0.15, 0.2) is 16.4 Å². The number of sulfone groups is 1. The van der Waals surface area contributed by atoms with Gasteiger partial charge in [0.1, 0.15) is 17.6 Å². The second-order valence-electron chi connectivity index (χ2n) is 13.1. The Hall–Kier alpha value is -4.81. The van der Waals surface area contributed by atoms with Crippen molar-refractivity contribution in [3.05, 3.63) is 114 Å². The summed E-state index contributed by atoms with van der Waals surface area (Å²) in [4.78, 5) is 29.9. The molecule has 12 heteroatoms. The van der Waals surface area contributed by atoms with Gasteiger partial charge in [-0.15, -0.1) is 11.8 Å². The van der Waals surface area contributed by atoms with E-state index < -0.39 is 39.7 Å². The van der Waals surface area contributed by atoms with E-state index in [0.717, 1.165) is 30.5 Å². The number of amides is 2. The Morgan fingerprint density at radius 3 is 2.29 bits per heavy atom. The highest BCUT2D eigenvalue weighted by atomic mass is 32.2. The maximum atomic E-state index is 14.3. The van der Waals surface area contributed by atoms with Gasteiger partial charge in [0.25, 0.3) is 5.91 Å². The van der Waals surface area contributed by atoms with Crippen LogP contribution in [0.4, 0.5) is 11.4 Å². The highest BCUT2D eigenvalue weighted by Gasteiger charge is 2.42. The summed E-state index contributed by atoms with van der Waals surface area (Å²) in [5.74, 6) is -0.711. The number of unbranched alkanes of at least 4 members (excludes halogenated alkanes) is 1. The van der Waals surface area contributed by atoms with Crippen LogP contribution in [-0.2, 0) is 26.0 Å². The minimum Gasteiger partial charge on any atom is -0.483 e. The van der Waals surface area contributed by atoms with Crippen molar-refractivity contribution in [1.29, 1.82) is 5.41 Å². The lowest BCUT2D eigenvalue weighted by atomic mass is 9.81. The van der Waals surface area contributed by atoms with Gasteiger partial charge in [-0.3, -0.25) is 15.0 Å². The smallest absolute Gasteiger partial charge is 0.258 e. The fourth-order valence-corrected chi connectivity index (χ4v) is 9.25. The molecule has 1 unspecified atom stereocenters. The number of hydrogen-bond donors (Lipinski definition) is 4. The molecule has 274 valence electrons. The van der Waals surface area contributed by atoms with Crippen LogP contribution < -0.4 is 26.0 Å². The van der Waals surface area contributed by atoms with Crippen molar-refractivity contribution in [2.75, 3.05) is 30.1 Å². The summed E-state index contributed by atoms with van der Waals surface area (Å²) in [5, 5.41) is 13.3. The highest BCUT2D eigenvalue weighted by molar-refractivity contribution is 7.98. The number of anilines is 2. The Morgan fingerprint density at radius 1 is 1.00 bits per heavy atom. The predicted octanol–water partition coefficient (Wildman–Crippen LogP) is 6.76. The molecule has 5 N–H and O–H groups in total. The van der Waals surface area contributed by atoms with E-state index in [-0.39, 0.29) is 28.8 Å². The summed E-state index contributed by atoms with van der Waals surface area (Å²) >= 11 is 1.41. The Bertz CT molecular complexity index is 1980. The number of thioether (sulfide) groups is 1. The van der Waals surface area contributed by atoms with Crippen LogP contribution in [0.5, 0.6) is 5.75 Å². The number of para-hydroxylation sites is 1. The summed E-state index contributed by atoms with van der Waals surface area (Å²) in [6.45, 7) is 4.51. The average molecular weight is 742 g/mol. The first-order valence-corrected chi connectivity index (χ1v) is 20.3. The van der Waals surface area contributed by atoms with Gasteiger partial charge in [-0.05, 0) is 48.4 Å². The molecule has 0 aromatic heterocycles. The molecule has 0 spiro atoms. The number of nitrogens with zero attached hydrogens (tertiary/aromatic N) is 1. The topological polar surface area (TPSA) is 155 Å². The van der Waals surface area contributed by atoms with E-state index in [4.69, 9.17) is 15.9 Å². The number of nitrogens with one attached hydrogen (secondary N) is 3. The van der Waals surface area contributed by atoms with Crippen molar-refractivity contribution in [3.8, 4) is 5.75 Å². The van der Waals surface area contributed by atoms with Crippen LogP contribution in [0.1, 0.15) is 62.3 Å². The van der Waals surface area contributed by atoms with Crippen LogP contribution in [0.15, 0.2) is 107 Å². The first-order valence-electron chi connectivity index (χ1n) is 17.4. The van der Waals surface area contributed by atoms with Gasteiger partial charge in [-0.1, -0.05) is 99.5 Å². The second kappa shape index (κ2) is 17.1. The first-order chi connectivity index (χ1) is 25.0. The van der Waals surface area contributed by atoms with E-state index in [1.54, 1.807) is 54.6 Å². The number of carbonyl (C=O) groups excluding carboxylic acids is 2. The number of amidine groups is 1. The molecule has 52 heavy (non-hydrogen) atoms. The van der Waals surface area contributed by atoms with Gasteiger partial charge in [-0.2, -0.15) is 0 Å². The fraction of sp³-hybridized carbons (Fsp3) is 0.325. The van der Waals surface area contributed by atoms with Crippen LogP contribution in [0.25, 0.3) is 0 Å². The largest absolute Gasteiger partial charge is 0.483 e. The molecule has 10 nitrogen and oxygen atoms in total. The molecule has 0 aliphatic carbocycles. The summed E-state index contributed by atoms with van der Waals surface area (Å²) < 4.78 is 34.6. The summed E-state index contributed by atoms with van der Waals surface area (Å²) in [6, 6.07) is 28.1. The number of nitrogen functional groups attached to an aromatic ring is 1. The number of rotatable bonds is 15. The number of fused-ring (bicyclic) bond motifs is 1. The predicted molar refractivity (Wildman–Crippen MR) is 208 cm³/mol. The average Bonchev–Trinajstić information content (AvgIpc) is 3.26. The maximum absolute atomic E-state index is 14.3. The van der Waals surface area contributed by atoms with Crippen LogP contribution >= 0.6 is 11.8 Å². The van der Waals surface area contributed by atoms with Crippen molar-refractivity contribution in [2.24, 2.45) is 11.1 Å². The second-order valence-corrected chi connectivity index (χ2v) is 15.9. The molecule has 4 aromatic carbocycles. The molecule has 1 heterocycles. The lowest BCUT2D eigenvalue weighted by Gasteiger charge is -2.36. The van der Waals surface area contributed by atoms with E-state index in [9.17, 15) is 18.0 Å². The molecule has 0 fully saturated rings. The SMILES string of the molecule is CCCCC1(CC)CN(c2ccccc2)c2cc(SC)c(OCC(=O)N[C@@H](C(=O)NCc3ccc(C(=N)N)cc3)c3ccccc3)cc2S(=O)(=O)C1. The molecule has 4 aromatic rings. The van der Waals surface area contributed by atoms with Gasteiger partial charge in [0.05, 0.1) is 21.2 Å². The standard InChI is InChI=1S/C40H47N5O5S2/c1-4-6-21-40(5-2)26-45(31-15-11-8-12-16-31)32-22-34(51-3)33(23-35(32)52(48,49)27-40)50-25-36(46)44-37(29-13-9-7-10-14-29)39(47)43-24-28-17-19-30(20-18-28)38(41)42/h7-20,22-23,37H,4-6,21,24-27H2,1-3H3,(H3,41,42)(H,43,47)(H,44,46)/t37-,40?/m1/s1. The van der Waals surface area contributed by atoms with Gasteiger partial charge < -0.3 is 26.0 Å². The third kappa shape index (κ3) is 9.15. The number of nitrogens with two attached hydrogens (primary N) is 1. The van der Waals surface area contributed by atoms with Crippen molar-refractivity contribution in [3.63, 3.8) is 0 Å². The van der Waals surface area contributed by atoms with Crippen molar-refractivity contribution >= 4 is 50.6 Å². The Morgan fingerprint density at radius 2 is 1.67 bits per heavy atom. The van der Waals surface area contributed by atoms with E-state index in [0.29, 0.717) is 34.7 Å². The minimum atomic E-state index is -3.76. The number of carbonyl (C=O) groups is 2. The fourth-order valence-electron chi connectivity index (χ4n) is 6.53. The van der Waals surface area contributed by atoms with E-state index >= 15 is 0 Å². The van der Waals surface area contributed by atoms with Crippen LogP contribution in [0, 0.1) is 10.8 Å². The summed E-state index contributed by atoms with van der Waals surface area (Å²) in [5.41, 5.74) is 8.58. The minimum absolute atomic E-state index is 0.0140. The lowest BCUT2D eigenvalue weighted by molar-refractivity contribution is -0.130. The number of hydrogen-bond acceptors (Lipinski definition) is 8. The normalized spacial score (nSPS) is 16.9. The first kappa shape index (κ1) is 38.4. The third-order valence-electron chi connectivity index (χ3n) is 9.53. The summed E-state index contributed by atoms with van der Waals surface area (Å²) in [7, 11) is -3.76. The summed E-state index contributed by atoms with van der Waals surface area (Å²) in [6.07, 6.45) is 5.29. The Labute approximate surface area is 311 Å². The van der Waals surface area contributed by atoms with Gasteiger partial charge in [0.2, 0.25) is 5.91 Å². The molecule has 5 rings (SSSR count). The van der Waals surface area contributed by atoms with E-state index in [2.05, 4.69) is 29.4 Å². The quantitative estimate of drug-likeness (QED) is 0.0593. The molecule has 0 saturated heterocycles. The molecule has 0 saturated carbocycles. The molecule has 2 amide bonds. The maximum Gasteiger partial charge on any atom is 0.258 e. The van der Waals surface area contributed by atoms with Crippen LogP contribution in [-0.4, -0.2) is 51.2 Å². The van der Waals surface area contributed by atoms with E-state index in [1.165, 1.54) is 11.8 Å². The Balaban J connectivity index is 1.39. The molecule has 2 atom stereocenters. The molecule has 0 bridgehead atoms. The third-order valence-corrected chi connectivity index (χ3v) is 12.3. The van der Waals surface area contributed by atoms with Gasteiger partial charge >= 0.3 is 0 Å². The zero-order chi connectivity index (χ0) is 37.3. The van der Waals surface area contributed by atoms with Crippen LogP contribution in [0.2, 0.25) is 0 Å². The highest BCUT2D eigenvalue weighted by Crippen LogP contribution is 2.47. The van der Waals surface area contributed by atoms with Crippen LogP contribution in [0.3, 0.4) is 0 Å². The molecular weight excluding hydrogens is 695 g/mol. The zero-order valence-electron chi connectivity index (χ0n) is 29.9. The monoisotopic (exact) mass is 741 g/mol. The van der Waals surface area contributed by atoms with Crippen molar-refractivity contribution < 1.29 is 22.7 Å². The number of ether oxygens (including phenoxy) is 1. The molecule has 1 aliphatic heterocycles. The lowest BCUT2D eigenvalue weighted by Crippen LogP contribution is -2.41. The number of benzene rings is 4. The molecule has 0 radical (unpaired) electrons. The molecule has 1 aliphatic rings. The van der Waals surface area contributed by atoms with Crippen molar-refractivity contribution in [2.45, 2.75) is 61.9 Å². The van der Waals surface area contributed by atoms with Gasteiger partial charge in [-0.25, -0.2) is 8.42 Å². The molecular formula is C40H47N5O5S2. The zero-order valence-corrected chi connectivity index (χ0v) is 31.5. The van der Waals surface area contributed by atoms with Gasteiger partial charge in [0, 0.05) is 35.8 Å². The Kier molecular flexibility index (Phi) is 12.7. The van der Waals surface area contributed by atoms with E-state index in [1.807, 2.05) is 48.7 Å².